The van der Waals surface area contributed by atoms with Crippen molar-refractivity contribution in [3.63, 3.8) is 0 Å². The summed E-state index contributed by atoms with van der Waals surface area (Å²) >= 11 is 0. The van der Waals surface area contributed by atoms with Crippen molar-refractivity contribution < 1.29 is 14.3 Å². The fourth-order valence-corrected chi connectivity index (χ4v) is 2.09. The van der Waals surface area contributed by atoms with E-state index >= 15 is 0 Å². The number of esters is 1. The molecular formula is C19H19N3O3. The van der Waals surface area contributed by atoms with Gasteiger partial charge in [-0.2, -0.15) is 5.26 Å². The van der Waals surface area contributed by atoms with Crippen molar-refractivity contribution in [3.8, 4) is 6.07 Å². The number of nitriles is 1. The van der Waals surface area contributed by atoms with Crippen LogP contribution in [0.2, 0.25) is 0 Å². The van der Waals surface area contributed by atoms with Gasteiger partial charge in [0.2, 0.25) is 0 Å². The van der Waals surface area contributed by atoms with E-state index in [-0.39, 0.29) is 18.1 Å². The van der Waals surface area contributed by atoms with Gasteiger partial charge in [-0.1, -0.05) is 18.2 Å². The first-order chi connectivity index (χ1) is 12.0. The number of rotatable bonds is 6. The van der Waals surface area contributed by atoms with E-state index in [1.165, 1.54) is 12.1 Å². The summed E-state index contributed by atoms with van der Waals surface area (Å²) in [5.41, 5.74) is 2.63. The molecule has 2 rings (SSSR count). The topological polar surface area (TPSA) is 82.4 Å². The van der Waals surface area contributed by atoms with Crippen LogP contribution >= 0.6 is 0 Å². The predicted molar refractivity (Wildman–Crippen MR) is 94.1 cm³/mol. The van der Waals surface area contributed by atoms with Crippen LogP contribution < -0.4 is 10.2 Å². The fraction of sp³-hybridized carbons (Fsp3) is 0.211. The van der Waals surface area contributed by atoms with Crippen LogP contribution in [0.1, 0.15) is 21.5 Å². The minimum atomic E-state index is -0.636. The molecule has 6 heteroatoms. The number of nitrogens with one attached hydrogen (secondary N) is 1. The van der Waals surface area contributed by atoms with E-state index in [0.717, 1.165) is 11.3 Å². The van der Waals surface area contributed by atoms with Crippen LogP contribution in [0, 0.1) is 11.3 Å². The SMILES string of the molecule is CN(C)c1ccc(CNC(=O)COC(=O)c2cccc(C#N)c2)cc1. The number of carbonyl (C=O) groups excluding carboxylic acids is 2. The molecule has 25 heavy (non-hydrogen) atoms. The predicted octanol–water partition coefficient (Wildman–Crippen LogP) is 2.10. The third-order valence-corrected chi connectivity index (χ3v) is 3.50. The molecule has 0 aliphatic rings. The highest BCUT2D eigenvalue weighted by Gasteiger charge is 2.10. The van der Waals surface area contributed by atoms with E-state index in [1.54, 1.807) is 12.1 Å². The zero-order valence-electron chi connectivity index (χ0n) is 14.2. The molecule has 1 N–H and O–H groups in total. The van der Waals surface area contributed by atoms with Crippen molar-refractivity contribution in [2.24, 2.45) is 0 Å². The number of carbonyl (C=O) groups is 2. The van der Waals surface area contributed by atoms with Crippen LogP contribution in [0.5, 0.6) is 0 Å². The zero-order valence-corrected chi connectivity index (χ0v) is 14.2. The highest BCUT2D eigenvalue weighted by molar-refractivity contribution is 5.91. The Bertz CT molecular complexity index is 792. The molecule has 0 aromatic heterocycles. The molecule has 1 amide bonds. The Morgan fingerprint density at radius 2 is 1.88 bits per heavy atom. The highest BCUT2D eigenvalue weighted by Crippen LogP contribution is 2.12. The fourth-order valence-electron chi connectivity index (χ4n) is 2.09. The van der Waals surface area contributed by atoms with Crippen molar-refractivity contribution >= 4 is 17.6 Å². The number of nitrogens with zero attached hydrogens (tertiary/aromatic N) is 2. The summed E-state index contributed by atoms with van der Waals surface area (Å²) in [5.74, 6) is -1.02. The molecular weight excluding hydrogens is 318 g/mol. The first-order valence-corrected chi connectivity index (χ1v) is 7.70. The van der Waals surface area contributed by atoms with Crippen molar-refractivity contribution in [2.45, 2.75) is 6.54 Å². The first kappa shape index (κ1) is 18.0. The number of hydrogen-bond donors (Lipinski definition) is 1. The third-order valence-electron chi connectivity index (χ3n) is 3.50. The van der Waals surface area contributed by atoms with Crippen LogP contribution in [0.25, 0.3) is 0 Å². The van der Waals surface area contributed by atoms with Gasteiger partial charge < -0.3 is 15.0 Å². The quantitative estimate of drug-likeness (QED) is 0.816. The zero-order chi connectivity index (χ0) is 18.2. The molecule has 128 valence electrons. The molecule has 0 heterocycles. The molecule has 0 aliphatic heterocycles. The Balaban J connectivity index is 1.80. The molecule has 0 radical (unpaired) electrons. The van der Waals surface area contributed by atoms with E-state index in [2.05, 4.69) is 5.32 Å². The molecule has 0 saturated heterocycles. The van der Waals surface area contributed by atoms with Crippen LogP contribution in [0.3, 0.4) is 0 Å². The summed E-state index contributed by atoms with van der Waals surface area (Å²) in [6.45, 7) is -0.0145. The average Bonchev–Trinajstić information content (AvgIpc) is 2.64. The van der Waals surface area contributed by atoms with E-state index in [1.807, 2.05) is 49.3 Å². The van der Waals surface area contributed by atoms with Crippen LogP contribution in [0.4, 0.5) is 5.69 Å². The average molecular weight is 337 g/mol. The molecule has 0 fully saturated rings. The number of hydrogen-bond acceptors (Lipinski definition) is 5. The molecule has 6 nitrogen and oxygen atoms in total. The summed E-state index contributed by atoms with van der Waals surface area (Å²) in [6, 6.07) is 15.9. The Labute approximate surface area is 146 Å². The van der Waals surface area contributed by atoms with Gasteiger partial charge in [-0.05, 0) is 35.9 Å². The van der Waals surface area contributed by atoms with Crippen LogP contribution in [-0.4, -0.2) is 32.6 Å². The van der Waals surface area contributed by atoms with Crippen molar-refractivity contribution in [3.05, 3.63) is 65.2 Å². The van der Waals surface area contributed by atoms with E-state index < -0.39 is 5.97 Å². The van der Waals surface area contributed by atoms with E-state index in [0.29, 0.717) is 12.1 Å². The van der Waals surface area contributed by atoms with Crippen LogP contribution in [-0.2, 0) is 16.1 Å². The summed E-state index contributed by atoms with van der Waals surface area (Å²) in [5, 5.41) is 11.5. The molecule has 0 bridgehead atoms. The largest absolute Gasteiger partial charge is 0.452 e. The molecule has 0 atom stereocenters. The van der Waals surface area contributed by atoms with Gasteiger partial charge in [0.15, 0.2) is 6.61 Å². The molecule has 2 aromatic rings. The number of amides is 1. The summed E-state index contributed by atoms with van der Waals surface area (Å²) in [7, 11) is 3.91. The smallest absolute Gasteiger partial charge is 0.338 e. The second kappa shape index (κ2) is 8.50. The van der Waals surface area contributed by atoms with Gasteiger partial charge in [0, 0.05) is 26.3 Å². The Morgan fingerprint density at radius 1 is 1.16 bits per heavy atom. The van der Waals surface area contributed by atoms with Gasteiger partial charge >= 0.3 is 5.97 Å². The maximum Gasteiger partial charge on any atom is 0.338 e. The van der Waals surface area contributed by atoms with Gasteiger partial charge in [-0.15, -0.1) is 0 Å². The number of ether oxygens (including phenoxy) is 1. The second-order valence-corrected chi connectivity index (χ2v) is 5.61. The van der Waals surface area contributed by atoms with Crippen molar-refractivity contribution in [1.29, 1.82) is 5.26 Å². The first-order valence-electron chi connectivity index (χ1n) is 7.70. The third kappa shape index (κ3) is 5.36. The van der Waals surface area contributed by atoms with Gasteiger partial charge in [-0.25, -0.2) is 4.79 Å². The Kier molecular flexibility index (Phi) is 6.13. The van der Waals surface area contributed by atoms with Gasteiger partial charge in [-0.3, -0.25) is 4.79 Å². The lowest BCUT2D eigenvalue weighted by Gasteiger charge is -2.13. The highest BCUT2D eigenvalue weighted by atomic mass is 16.5. The minimum absolute atomic E-state index is 0.242. The van der Waals surface area contributed by atoms with E-state index in [4.69, 9.17) is 10.00 Å². The second-order valence-electron chi connectivity index (χ2n) is 5.61. The summed E-state index contributed by atoms with van der Waals surface area (Å²) in [4.78, 5) is 25.7. The van der Waals surface area contributed by atoms with Crippen LogP contribution in [0.15, 0.2) is 48.5 Å². The number of anilines is 1. The summed E-state index contributed by atoms with van der Waals surface area (Å²) < 4.78 is 4.96. The molecule has 2 aromatic carbocycles. The maximum atomic E-state index is 11.9. The van der Waals surface area contributed by atoms with Gasteiger partial charge in [0.1, 0.15) is 0 Å². The standard InChI is InChI=1S/C19H19N3O3/c1-22(2)17-8-6-14(7-9-17)12-21-18(23)13-25-19(24)16-5-3-4-15(10-16)11-20/h3-10H,12-13H2,1-2H3,(H,21,23). The lowest BCUT2D eigenvalue weighted by molar-refractivity contribution is -0.124. The van der Waals surface area contributed by atoms with E-state index in [9.17, 15) is 9.59 Å². The molecule has 0 aliphatic carbocycles. The minimum Gasteiger partial charge on any atom is -0.452 e. The monoisotopic (exact) mass is 337 g/mol. The van der Waals surface area contributed by atoms with Crippen molar-refractivity contribution in [2.75, 3.05) is 25.6 Å². The number of benzene rings is 2. The van der Waals surface area contributed by atoms with Gasteiger partial charge in [0.25, 0.3) is 5.91 Å². The lowest BCUT2D eigenvalue weighted by Crippen LogP contribution is -2.28. The van der Waals surface area contributed by atoms with Crippen molar-refractivity contribution in [1.82, 2.24) is 5.32 Å². The Morgan fingerprint density at radius 3 is 2.52 bits per heavy atom. The summed E-state index contributed by atoms with van der Waals surface area (Å²) in [6.07, 6.45) is 0. The van der Waals surface area contributed by atoms with Gasteiger partial charge in [0.05, 0.1) is 17.2 Å². The maximum absolute atomic E-state index is 11.9. The normalized spacial score (nSPS) is 9.80. The lowest BCUT2D eigenvalue weighted by atomic mass is 10.1. The Hall–Kier alpha value is -3.33. The molecule has 0 unspecified atom stereocenters. The molecule has 0 saturated carbocycles. The molecule has 0 spiro atoms.